The van der Waals surface area contributed by atoms with Gasteiger partial charge in [0.25, 0.3) is 5.91 Å². The van der Waals surface area contributed by atoms with Gasteiger partial charge in [-0.1, -0.05) is 48.5 Å². The van der Waals surface area contributed by atoms with Gasteiger partial charge in [-0.05, 0) is 40.8 Å². The number of ether oxygens (including phenoxy) is 1. The van der Waals surface area contributed by atoms with Gasteiger partial charge in [0.2, 0.25) is 0 Å². The summed E-state index contributed by atoms with van der Waals surface area (Å²) >= 11 is 1.56. The van der Waals surface area contributed by atoms with Crippen molar-refractivity contribution >= 4 is 23.3 Å². The van der Waals surface area contributed by atoms with E-state index in [0.717, 1.165) is 21.8 Å². The Hall–Kier alpha value is -3.36. The number of carbonyl (C=O) groups is 1. The fourth-order valence-corrected chi connectivity index (χ4v) is 3.04. The molecule has 3 aromatic rings. The van der Waals surface area contributed by atoms with Crippen LogP contribution in [-0.2, 0) is 17.9 Å². The van der Waals surface area contributed by atoms with E-state index in [1.807, 2.05) is 78.2 Å². The minimum absolute atomic E-state index is 0.0736. The molecule has 0 aliphatic carbocycles. The average Bonchev–Trinajstić information content (AvgIpc) is 3.24. The van der Waals surface area contributed by atoms with Gasteiger partial charge in [0.15, 0.2) is 0 Å². The first kappa shape index (κ1) is 18.4. The fourth-order valence-electron chi connectivity index (χ4n) is 2.39. The van der Waals surface area contributed by atoms with Crippen molar-refractivity contribution in [3.05, 3.63) is 93.7 Å². The van der Waals surface area contributed by atoms with Crippen molar-refractivity contribution in [2.45, 2.75) is 13.2 Å². The molecule has 0 atom stereocenters. The monoisotopic (exact) mass is 374 g/mol. The molecule has 0 aliphatic heterocycles. The maximum Gasteiger partial charge on any atom is 0.262 e. The van der Waals surface area contributed by atoms with Crippen molar-refractivity contribution in [2.24, 2.45) is 0 Å². The Kier molecular flexibility index (Phi) is 6.40. The quantitative estimate of drug-likeness (QED) is 0.487. The molecule has 0 spiro atoms. The number of benzene rings is 2. The van der Waals surface area contributed by atoms with E-state index in [4.69, 9.17) is 4.74 Å². The van der Waals surface area contributed by atoms with E-state index in [2.05, 4.69) is 5.32 Å². The predicted octanol–water partition coefficient (Wildman–Crippen LogP) is 4.55. The Labute approximate surface area is 162 Å². The van der Waals surface area contributed by atoms with E-state index in [-0.39, 0.29) is 11.5 Å². The molecule has 4 nitrogen and oxygen atoms in total. The third kappa shape index (κ3) is 5.56. The van der Waals surface area contributed by atoms with Crippen molar-refractivity contribution in [1.29, 1.82) is 5.26 Å². The molecule has 0 saturated carbocycles. The summed E-state index contributed by atoms with van der Waals surface area (Å²) in [6.07, 6.45) is 1.57. The standard InChI is InChI=1S/C22H18N2O2S/c23-14-19(22(25)24-15-21-7-4-12-27-21)13-17-8-10-20(11-9-17)26-16-18-5-2-1-3-6-18/h1-13H,15-16H2,(H,24,25)/b19-13+. The topological polar surface area (TPSA) is 62.1 Å². The van der Waals surface area contributed by atoms with E-state index < -0.39 is 0 Å². The molecular weight excluding hydrogens is 356 g/mol. The van der Waals surface area contributed by atoms with Crippen LogP contribution in [0.2, 0.25) is 0 Å². The zero-order chi connectivity index (χ0) is 18.9. The number of hydrogen-bond acceptors (Lipinski definition) is 4. The van der Waals surface area contributed by atoms with Crippen LogP contribution in [0, 0.1) is 11.3 Å². The first-order chi connectivity index (χ1) is 13.2. The summed E-state index contributed by atoms with van der Waals surface area (Å²) in [7, 11) is 0. The van der Waals surface area contributed by atoms with Crippen molar-refractivity contribution in [3.8, 4) is 11.8 Å². The Morgan fingerprint density at radius 1 is 1.07 bits per heavy atom. The minimum Gasteiger partial charge on any atom is -0.489 e. The summed E-state index contributed by atoms with van der Waals surface area (Å²) < 4.78 is 5.74. The van der Waals surface area contributed by atoms with Crippen molar-refractivity contribution in [2.75, 3.05) is 0 Å². The van der Waals surface area contributed by atoms with Gasteiger partial charge in [0.05, 0.1) is 6.54 Å². The Morgan fingerprint density at radius 3 is 2.52 bits per heavy atom. The van der Waals surface area contributed by atoms with E-state index in [1.165, 1.54) is 0 Å². The van der Waals surface area contributed by atoms with Gasteiger partial charge in [-0.3, -0.25) is 4.79 Å². The summed E-state index contributed by atoms with van der Waals surface area (Å²) in [4.78, 5) is 13.2. The van der Waals surface area contributed by atoms with Crippen LogP contribution < -0.4 is 10.1 Å². The number of thiophene rings is 1. The van der Waals surface area contributed by atoms with Gasteiger partial charge in [0.1, 0.15) is 24.0 Å². The number of amides is 1. The van der Waals surface area contributed by atoms with Crippen molar-refractivity contribution in [1.82, 2.24) is 5.32 Å². The highest BCUT2D eigenvalue weighted by molar-refractivity contribution is 7.09. The zero-order valence-corrected chi connectivity index (χ0v) is 15.4. The lowest BCUT2D eigenvalue weighted by Gasteiger charge is -2.07. The molecule has 0 aliphatic rings. The average molecular weight is 374 g/mol. The number of nitrogens with one attached hydrogen (secondary N) is 1. The molecule has 5 heteroatoms. The zero-order valence-electron chi connectivity index (χ0n) is 14.6. The molecule has 0 unspecified atom stereocenters. The summed E-state index contributed by atoms with van der Waals surface area (Å²) in [5.74, 6) is 0.354. The van der Waals surface area contributed by atoms with Gasteiger partial charge in [-0.15, -0.1) is 11.3 Å². The fraction of sp³-hybridized carbons (Fsp3) is 0.0909. The molecule has 2 aromatic carbocycles. The molecule has 1 amide bonds. The lowest BCUT2D eigenvalue weighted by molar-refractivity contribution is -0.117. The predicted molar refractivity (Wildman–Crippen MR) is 107 cm³/mol. The molecule has 0 radical (unpaired) electrons. The van der Waals surface area contributed by atoms with Gasteiger partial charge >= 0.3 is 0 Å². The number of nitrogens with zero attached hydrogens (tertiary/aromatic N) is 1. The number of hydrogen-bond donors (Lipinski definition) is 1. The Morgan fingerprint density at radius 2 is 1.85 bits per heavy atom. The van der Waals surface area contributed by atoms with Crippen molar-refractivity contribution < 1.29 is 9.53 Å². The van der Waals surface area contributed by atoms with Gasteiger partial charge in [-0.2, -0.15) is 5.26 Å². The Bertz CT molecular complexity index is 940. The maximum absolute atomic E-state index is 12.2. The lowest BCUT2D eigenvalue weighted by atomic mass is 10.1. The SMILES string of the molecule is N#C/C(=C\c1ccc(OCc2ccccc2)cc1)C(=O)NCc1cccs1. The first-order valence-electron chi connectivity index (χ1n) is 8.44. The molecule has 1 N–H and O–H groups in total. The van der Waals surface area contributed by atoms with E-state index in [1.54, 1.807) is 17.4 Å². The molecule has 1 heterocycles. The molecular formula is C22H18N2O2S. The third-order valence-electron chi connectivity index (χ3n) is 3.81. The molecule has 0 bridgehead atoms. The number of nitriles is 1. The third-order valence-corrected chi connectivity index (χ3v) is 4.68. The van der Waals surface area contributed by atoms with Crippen LogP contribution in [0.25, 0.3) is 6.08 Å². The van der Waals surface area contributed by atoms with Crippen LogP contribution in [0.3, 0.4) is 0 Å². The largest absolute Gasteiger partial charge is 0.489 e. The van der Waals surface area contributed by atoms with Crippen LogP contribution >= 0.6 is 11.3 Å². The molecule has 1 aromatic heterocycles. The van der Waals surface area contributed by atoms with Gasteiger partial charge < -0.3 is 10.1 Å². The molecule has 27 heavy (non-hydrogen) atoms. The number of carbonyl (C=O) groups excluding carboxylic acids is 1. The van der Waals surface area contributed by atoms with Crippen LogP contribution in [0.5, 0.6) is 5.75 Å². The highest BCUT2D eigenvalue weighted by Gasteiger charge is 2.09. The maximum atomic E-state index is 12.2. The van der Waals surface area contributed by atoms with Gasteiger partial charge in [-0.25, -0.2) is 0 Å². The summed E-state index contributed by atoms with van der Waals surface area (Å²) in [6, 6.07) is 23.0. The highest BCUT2D eigenvalue weighted by atomic mass is 32.1. The number of rotatable bonds is 7. The second-order valence-corrected chi connectivity index (χ2v) is 6.81. The second kappa shape index (κ2) is 9.37. The molecule has 0 fully saturated rings. The summed E-state index contributed by atoms with van der Waals surface area (Å²) in [6.45, 7) is 0.909. The van der Waals surface area contributed by atoms with Crippen molar-refractivity contribution in [3.63, 3.8) is 0 Å². The van der Waals surface area contributed by atoms with E-state index in [0.29, 0.717) is 13.2 Å². The van der Waals surface area contributed by atoms with Gasteiger partial charge in [0, 0.05) is 4.88 Å². The van der Waals surface area contributed by atoms with E-state index in [9.17, 15) is 10.1 Å². The smallest absolute Gasteiger partial charge is 0.262 e. The highest BCUT2D eigenvalue weighted by Crippen LogP contribution is 2.16. The van der Waals surface area contributed by atoms with Crippen LogP contribution in [0.4, 0.5) is 0 Å². The second-order valence-electron chi connectivity index (χ2n) is 5.78. The Balaban J connectivity index is 1.59. The normalized spacial score (nSPS) is 10.9. The molecule has 3 rings (SSSR count). The molecule has 134 valence electrons. The first-order valence-corrected chi connectivity index (χ1v) is 9.32. The summed E-state index contributed by atoms with van der Waals surface area (Å²) in [5.41, 5.74) is 1.94. The van der Waals surface area contributed by atoms with Crippen LogP contribution in [0.1, 0.15) is 16.0 Å². The molecule has 0 saturated heterocycles. The van der Waals surface area contributed by atoms with Crippen LogP contribution in [0.15, 0.2) is 77.7 Å². The minimum atomic E-state index is -0.379. The van der Waals surface area contributed by atoms with Crippen LogP contribution in [-0.4, -0.2) is 5.91 Å². The summed E-state index contributed by atoms with van der Waals surface area (Å²) in [5, 5.41) is 14.0. The van der Waals surface area contributed by atoms with E-state index >= 15 is 0 Å². The lowest BCUT2D eigenvalue weighted by Crippen LogP contribution is -2.23.